The number of benzene rings is 1. The highest BCUT2D eigenvalue weighted by atomic mass is 16.5. The number of rotatable bonds is 3. The monoisotopic (exact) mass is 228 g/mol. The molecule has 3 rings (SSSR count). The van der Waals surface area contributed by atoms with Crippen LogP contribution in [0.1, 0.15) is 23.2 Å². The molecule has 4 nitrogen and oxygen atoms in total. The largest absolute Gasteiger partial charge is 0.355 e. The molecule has 0 bridgehead atoms. The minimum Gasteiger partial charge on any atom is -0.355 e. The van der Waals surface area contributed by atoms with Crippen LogP contribution in [0, 0.1) is 0 Å². The molecular formula is C13H12N2O2. The Morgan fingerprint density at radius 2 is 2.06 bits per heavy atom. The molecule has 1 N–H and O–H groups in total. The van der Waals surface area contributed by atoms with Crippen molar-refractivity contribution >= 4 is 5.91 Å². The van der Waals surface area contributed by atoms with Crippen LogP contribution < -0.4 is 5.32 Å². The summed E-state index contributed by atoms with van der Waals surface area (Å²) in [5, 5.41) is 6.64. The zero-order chi connectivity index (χ0) is 11.7. The van der Waals surface area contributed by atoms with E-state index in [2.05, 4.69) is 10.5 Å². The smallest absolute Gasteiger partial charge is 0.257 e. The molecule has 86 valence electrons. The number of nitrogens with zero attached hydrogens (tertiary/aromatic N) is 1. The van der Waals surface area contributed by atoms with Crippen molar-refractivity contribution < 1.29 is 9.32 Å². The molecule has 4 heteroatoms. The number of aromatic nitrogens is 1. The summed E-state index contributed by atoms with van der Waals surface area (Å²) in [4.78, 5) is 11.9. The van der Waals surface area contributed by atoms with Crippen molar-refractivity contribution in [2.24, 2.45) is 0 Å². The maximum Gasteiger partial charge on any atom is 0.257 e. The Hall–Kier alpha value is -2.10. The van der Waals surface area contributed by atoms with Gasteiger partial charge >= 0.3 is 0 Å². The molecule has 1 saturated carbocycles. The van der Waals surface area contributed by atoms with Crippen LogP contribution in [-0.2, 0) is 0 Å². The third kappa shape index (κ3) is 2.06. The Balaban J connectivity index is 1.90. The van der Waals surface area contributed by atoms with Gasteiger partial charge in [0.15, 0.2) is 5.76 Å². The number of carbonyl (C=O) groups excluding carboxylic acids is 1. The molecule has 0 aliphatic heterocycles. The van der Waals surface area contributed by atoms with E-state index < -0.39 is 0 Å². The van der Waals surface area contributed by atoms with E-state index in [9.17, 15) is 4.79 Å². The third-order valence-electron chi connectivity index (χ3n) is 2.76. The van der Waals surface area contributed by atoms with Gasteiger partial charge in [0.2, 0.25) is 0 Å². The van der Waals surface area contributed by atoms with Crippen molar-refractivity contribution in [1.29, 1.82) is 0 Å². The Bertz CT molecular complexity index is 529. The topological polar surface area (TPSA) is 55.1 Å². The van der Waals surface area contributed by atoms with Crippen LogP contribution in [0.4, 0.5) is 0 Å². The van der Waals surface area contributed by atoms with Crippen LogP contribution in [0.2, 0.25) is 0 Å². The number of hydrogen-bond acceptors (Lipinski definition) is 3. The molecule has 0 radical (unpaired) electrons. The maximum absolute atomic E-state index is 11.9. The lowest BCUT2D eigenvalue weighted by Crippen LogP contribution is -2.25. The fourth-order valence-corrected chi connectivity index (χ4v) is 1.69. The SMILES string of the molecule is O=C(NC1CC1)c1cnoc1-c1ccccc1. The van der Waals surface area contributed by atoms with Crippen molar-refractivity contribution in [3.8, 4) is 11.3 Å². The maximum atomic E-state index is 11.9. The van der Waals surface area contributed by atoms with E-state index >= 15 is 0 Å². The number of hydrogen-bond donors (Lipinski definition) is 1. The summed E-state index contributed by atoms with van der Waals surface area (Å²) in [5.74, 6) is 0.427. The van der Waals surface area contributed by atoms with Gasteiger partial charge in [-0.25, -0.2) is 0 Å². The van der Waals surface area contributed by atoms with Gasteiger partial charge in [0, 0.05) is 11.6 Å². The number of nitrogens with one attached hydrogen (secondary N) is 1. The van der Waals surface area contributed by atoms with Gasteiger partial charge in [-0.3, -0.25) is 4.79 Å². The fourth-order valence-electron chi connectivity index (χ4n) is 1.69. The molecule has 0 atom stereocenters. The first-order valence-electron chi connectivity index (χ1n) is 5.65. The summed E-state index contributed by atoms with van der Waals surface area (Å²) in [6.07, 6.45) is 3.61. The molecule has 0 unspecified atom stereocenters. The van der Waals surface area contributed by atoms with Crippen LogP contribution in [0.25, 0.3) is 11.3 Å². The van der Waals surface area contributed by atoms with Gasteiger partial charge in [0.05, 0.1) is 6.20 Å². The molecule has 1 fully saturated rings. The van der Waals surface area contributed by atoms with Crippen molar-refractivity contribution in [2.45, 2.75) is 18.9 Å². The van der Waals surface area contributed by atoms with Gasteiger partial charge in [0.1, 0.15) is 5.56 Å². The first kappa shape index (κ1) is 10.1. The average molecular weight is 228 g/mol. The van der Waals surface area contributed by atoms with Crippen molar-refractivity contribution in [1.82, 2.24) is 10.5 Å². The Morgan fingerprint density at radius 3 is 2.76 bits per heavy atom. The normalized spacial score (nSPS) is 14.6. The third-order valence-corrected chi connectivity index (χ3v) is 2.76. The standard InChI is InChI=1S/C13H12N2O2/c16-13(15-10-6-7-10)11-8-14-17-12(11)9-4-2-1-3-5-9/h1-5,8,10H,6-7H2,(H,15,16). The summed E-state index contributed by atoms with van der Waals surface area (Å²) >= 11 is 0. The Morgan fingerprint density at radius 1 is 1.29 bits per heavy atom. The molecule has 1 amide bonds. The van der Waals surface area contributed by atoms with E-state index in [4.69, 9.17) is 4.52 Å². The van der Waals surface area contributed by atoms with E-state index in [1.54, 1.807) is 0 Å². The minimum atomic E-state index is -0.104. The van der Waals surface area contributed by atoms with Crippen LogP contribution in [0.3, 0.4) is 0 Å². The first-order chi connectivity index (χ1) is 8.34. The summed E-state index contributed by atoms with van der Waals surface area (Å²) < 4.78 is 5.16. The van der Waals surface area contributed by atoms with Gasteiger partial charge in [-0.1, -0.05) is 35.5 Å². The zero-order valence-corrected chi connectivity index (χ0v) is 9.22. The molecule has 2 aromatic rings. The van der Waals surface area contributed by atoms with Crippen molar-refractivity contribution in [2.75, 3.05) is 0 Å². The average Bonchev–Trinajstić information content (AvgIpc) is 3.04. The summed E-state index contributed by atoms with van der Waals surface area (Å²) in [7, 11) is 0. The predicted octanol–water partition coefficient (Wildman–Crippen LogP) is 2.23. The van der Waals surface area contributed by atoms with Crippen LogP contribution in [0.5, 0.6) is 0 Å². The van der Waals surface area contributed by atoms with Gasteiger partial charge in [-0.05, 0) is 12.8 Å². The van der Waals surface area contributed by atoms with Crippen LogP contribution in [0.15, 0.2) is 41.1 Å². The van der Waals surface area contributed by atoms with Crippen molar-refractivity contribution in [3.63, 3.8) is 0 Å². The van der Waals surface area contributed by atoms with E-state index in [0.29, 0.717) is 17.4 Å². The quantitative estimate of drug-likeness (QED) is 0.876. The Kier molecular flexibility index (Phi) is 2.40. The molecular weight excluding hydrogens is 216 g/mol. The second kappa shape index (κ2) is 4.05. The highest BCUT2D eigenvalue weighted by molar-refractivity contribution is 5.99. The van der Waals surface area contributed by atoms with E-state index in [0.717, 1.165) is 18.4 Å². The number of carbonyl (C=O) groups is 1. The number of amides is 1. The van der Waals surface area contributed by atoms with Gasteiger partial charge in [0.25, 0.3) is 5.91 Å². The zero-order valence-electron chi connectivity index (χ0n) is 9.22. The first-order valence-corrected chi connectivity index (χ1v) is 5.65. The summed E-state index contributed by atoms with van der Waals surface area (Å²) in [6, 6.07) is 9.86. The lowest BCUT2D eigenvalue weighted by Gasteiger charge is -2.02. The van der Waals surface area contributed by atoms with E-state index in [1.807, 2.05) is 30.3 Å². The molecule has 1 aromatic heterocycles. The molecule has 1 aliphatic rings. The fraction of sp³-hybridized carbons (Fsp3) is 0.231. The van der Waals surface area contributed by atoms with Crippen LogP contribution in [-0.4, -0.2) is 17.1 Å². The second-order valence-electron chi connectivity index (χ2n) is 4.18. The molecule has 1 aliphatic carbocycles. The van der Waals surface area contributed by atoms with Gasteiger partial charge < -0.3 is 9.84 Å². The predicted molar refractivity (Wildman–Crippen MR) is 62.4 cm³/mol. The highest BCUT2D eigenvalue weighted by Gasteiger charge is 2.26. The molecule has 1 aromatic carbocycles. The van der Waals surface area contributed by atoms with E-state index in [-0.39, 0.29) is 5.91 Å². The summed E-state index contributed by atoms with van der Waals surface area (Å²) in [6.45, 7) is 0. The molecule has 0 saturated heterocycles. The molecule has 17 heavy (non-hydrogen) atoms. The summed E-state index contributed by atoms with van der Waals surface area (Å²) in [5.41, 5.74) is 1.37. The second-order valence-corrected chi connectivity index (χ2v) is 4.18. The molecule has 0 spiro atoms. The highest BCUT2D eigenvalue weighted by Crippen LogP contribution is 2.25. The van der Waals surface area contributed by atoms with Crippen molar-refractivity contribution in [3.05, 3.63) is 42.1 Å². The van der Waals surface area contributed by atoms with Gasteiger partial charge in [-0.15, -0.1) is 0 Å². The lowest BCUT2D eigenvalue weighted by atomic mass is 10.1. The lowest BCUT2D eigenvalue weighted by molar-refractivity contribution is 0.0951. The van der Waals surface area contributed by atoms with Gasteiger partial charge in [-0.2, -0.15) is 0 Å². The molecule has 1 heterocycles. The Labute approximate surface area is 98.6 Å². The van der Waals surface area contributed by atoms with Crippen LogP contribution >= 0.6 is 0 Å². The van der Waals surface area contributed by atoms with E-state index in [1.165, 1.54) is 6.20 Å². The minimum absolute atomic E-state index is 0.104.